The summed E-state index contributed by atoms with van der Waals surface area (Å²) in [6, 6.07) is 1.56. The average Bonchev–Trinajstić information content (AvgIpc) is 2.53. The number of primary amides is 1. The summed E-state index contributed by atoms with van der Waals surface area (Å²) in [7, 11) is 0. The molecule has 1 rings (SSSR count). The van der Waals surface area contributed by atoms with E-state index in [0.29, 0.717) is 6.07 Å². The molecule has 0 saturated heterocycles. The molecule has 0 aliphatic heterocycles. The Kier molecular flexibility index (Phi) is 7.45. The molecular formula is C13H13Cl2F3N4O4. The van der Waals surface area contributed by atoms with Gasteiger partial charge in [0, 0.05) is 30.9 Å². The molecule has 1 aromatic rings. The SMILES string of the molecule is NC(=O)c1cc(N(CCCl)CCCl)c(NC(=O)C(F)(F)F)cc1[N+](=O)[O-]. The molecular weight excluding hydrogens is 404 g/mol. The molecule has 0 heterocycles. The van der Waals surface area contributed by atoms with E-state index in [-0.39, 0.29) is 30.5 Å². The smallest absolute Gasteiger partial charge is 0.367 e. The number of nitrogens with zero attached hydrogens (tertiary/aromatic N) is 2. The Balaban J connectivity index is 3.60. The van der Waals surface area contributed by atoms with Gasteiger partial charge in [-0.05, 0) is 6.07 Å². The highest BCUT2D eigenvalue weighted by Crippen LogP contribution is 2.34. The number of nitro benzene ring substituents is 1. The van der Waals surface area contributed by atoms with Crippen molar-refractivity contribution in [2.24, 2.45) is 5.73 Å². The predicted octanol–water partition coefficient (Wildman–Crippen LogP) is 2.48. The third kappa shape index (κ3) is 5.36. The van der Waals surface area contributed by atoms with Crippen LogP contribution in [0, 0.1) is 10.1 Å². The minimum atomic E-state index is -5.22. The second-order valence-corrected chi connectivity index (χ2v) is 5.58. The van der Waals surface area contributed by atoms with Crippen molar-refractivity contribution in [2.45, 2.75) is 6.18 Å². The van der Waals surface area contributed by atoms with Gasteiger partial charge in [0.25, 0.3) is 11.6 Å². The van der Waals surface area contributed by atoms with E-state index in [1.54, 1.807) is 5.32 Å². The Morgan fingerprint density at radius 2 is 1.77 bits per heavy atom. The molecule has 0 unspecified atom stereocenters. The standard InChI is InChI=1S/C13H13Cl2F3N4O4/c14-1-3-21(4-2-15)10-5-7(11(19)23)9(22(25)26)6-8(10)20-12(24)13(16,17)18/h5-6H,1-4H2,(H2,19,23)(H,20,24). The Morgan fingerprint density at radius 1 is 1.23 bits per heavy atom. The Morgan fingerprint density at radius 3 is 2.15 bits per heavy atom. The van der Waals surface area contributed by atoms with Crippen molar-refractivity contribution in [3.63, 3.8) is 0 Å². The van der Waals surface area contributed by atoms with Gasteiger partial charge >= 0.3 is 12.1 Å². The fraction of sp³-hybridized carbons (Fsp3) is 0.385. The number of anilines is 2. The maximum atomic E-state index is 12.6. The van der Waals surface area contributed by atoms with Crippen LogP contribution in [-0.2, 0) is 4.79 Å². The van der Waals surface area contributed by atoms with Crippen LogP contribution < -0.4 is 16.0 Å². The Hall–Kier alpha value is -2.27. The van der Waals surface area contributed by atoms with Crippen LogP contribution >= 0.6 is 23.2 Å². The minimum absolute atomic E-state index is 0.0342. The van der Waals surface area contributed by atoms with E-state index in [4.69, 9.17) is 28.9 Å². The van der Waals surface area contributed by atoms with Crippen LogP contribution in [0.1, 0.15) is 10.4 Å². The zero-order valence-corrected chi connectivity index (χ0v) is 14.5. The van der Waals surface area contributed by atoms with Crippen molar-refractivity contribution in [3.8, 4) is 0 Å². The van der Waals surface area contributed by atoms with Gasteiger partial charge in [0.2, 0.25) is 0 Å². The lowest BCUT2D eigenvalue weighted by atomic mass is 10.1. The summed E-state index contributed by atoms with van der Waals surface area (Å²) in [6.07, 6.45) is -5.22. The molecule has 0 aliphatic rings. The van der Waals surface area contributed by atoms with Gasteiger partial charge in [-0.3, -0.25) is 19.7 Å². The van der Waals surface area contributed by atoms with Crippen LogP contribution in [0.15, 0.2) is 12.1 Å². The summed E-state index contributed by atoms with van der Waals surface area (Å²) in [5.74, 6) is -3.43. The number of amides is 2. The lowest BCUT2D eigenvalue weighted by molar-refractivity contribution is -0.385. The van der Waals surface area contributed by atoms with Gasteiger partial charge in [0.05, 0.1) is 16.3 Å². The molecule has 144 valence electrons. The van der Waals surface area contributed by atoms with E-state index in [2.05, 4.69) is 0 Å². The van der Waals surface area contributed by atoms with Gasteiger partial charge in [-0.25, -0.2) is 0 Å². The maximum absolute atomic E-state index is 12.6. The highest BCUT2D eigenvalue weighted by atomic mass is 35.5. The zero-order chi connectivity index (χ0) is 20.1. The molecule has 1 aromatic carbocycles. The van der Waals surface area contributed by atoms with E-state index in [0.717, 1.165) is 6.07 Å². The van der Waals surface area contributed by atoms with Crippen molar-refractivity contribution in [3.05, 3.63) is 27.8 Å². The third-order valence-corrected chi connectivity index (χ3v) is 3.47. The topological polar surface area (TPSA) is 119 Å². The lowest BCUT2D eigenvalue weighted by Gasteiger charge is -2.26. The number of nitro groups is 1. The van der Waals surface area contributed by atoms with Gasteiger partial charge in [-0.15, -0.1) is 23.2 Å². The number of hydrogen-bond acceptors (Lipinski definition) is 5. The molecule has 2 amide bonds. The second kappa shape index (κ2) is 8.90. The average molecular weight is 417 g/mol. The number of nitrogens with one attached hydrogen (secondary N) is 1. The normalized spacial score (nSPS) is 11.1. The zero-order valence-electron chi connectivity index (χ0n) is 13.0. The van der Waals surface area contributed by atoms with Crippen molar-refractivity contribution >= 4 is 52.1 Å². The van der Waals surface area contributed by atoms with Crippen LogP contribution in [0.2, 0.25) is 0 Å². The van der Waals surface area contributed by atoms with E-state index >= 15 is 0 Å². The van der Waals surface area contributed by atoms with Crippen LogP contribution in [0.25, 0.3) is 0 Å². The molecule has 0 saturated carbocycles. The molecule has 8 nitrogen and oxygen atoms in total. The van der Waals surface area contributed by atoms with Crippen molar-refractivity contribution in [1.82, 2.24) is 0 Å². The van der Waals surface area contributed by atoms with Crippen molar-refractivity contribution < 1.29 is 27.7 Å². The van der Waals surface area contributed by atoms with Crippen molar-refractivity contribution in [2.75, 3.05) is 35.1 Å². The van der Waals surface area contributed by atoms with E-state index < -0.39 is 39.9 Å². The molecule has 0 atom stereocenters. The Labute approximate surface area is 155 Å². The van der Waals surface area contributed by atoms with Gasteiger partial charge in [-0.1, -0.05) is 0 Å². The highest BCUT2D eigenvalue weighted by Gasteiger charge is 2.39. The second-order valence-electron chi connectivity index (χ2n) is 4.82. The van der Waals surface area contributed by atoms with E-state index in [1.807, 2.05) is 0 Å². The van der Waals surface area contributed by atoms with Crippen LogP contribution in [0.3, 0.4) is 0 Å². The number of nitrogens with two attached hydrogens (primary N) is 1. The first-order chi connectivity index (χ1) is 12.0. The molecule has 26 heavy (non-hydrogen) atoms. The molecule has 13 heteroatoms. The summed E-state index contributed by atoms with van der Waals surface area (Å²) < 4.78 is 37.7. The van der Waals surface area contributed by atoms with E-state index in [9.17, 15) is 32.9 Å². The van der Waals surface area contributed by atoms with Crippen LogP contribution in [0.5, 0.6) is 0 Å². The first-order valence-electron chi connectivity index (χ1n) is 6.90. The number of hydrogen-bond donors (Lipinski definition) is 2. The maximum Gasteiger partial charge on any atom is 0.471 e. The molecule has 0 fully saturated rings. The molecule has 0 radical (unpaired) electrons. The highest BCUT2D eigenvalue weighted by molar-refractivity contribution is 6.18. The minimum Gasteiger partial charge on any atom is -0.367 e. The fourth-order valence-corrected chi connectivity index (χ4v) is 2.44. The number of halogens is 5. The number of benzene rings is 1. The molecule has 0 spiro atoms. The summed E-state index contributed by atoms with van der Waals surface area (Å²) in [5.41, 5.74) is 3.08. The molecule has 3 N–H and O–H groups in total. The largest absolute Gasteiger partial charge is 0.471 e. The molecule has 0 aliphatic carbocycles. The van der Waals surface area contributed by atoms with Crippen molar-refractivity contribution in [1.29, 1.82) is 0 Å². The first-order valence-corrected chi connectivity index (χ1v) is 7.97. The summed E-state index contributed by atoms with van der Waals surface area (Å²) >= 11 is 11.3. The van der Waals surface area contributed by atoms with Gasteiger partial charge in [0.15, 0.2) is 0 Å². The van der Waals surface area contributed by atoms with Gasteiger partial charge in [0.1, 0.15) is 5.56 Å². The summed E-state index contributed by atoms with van der Waals surface area (Å²) in [6.45, 7) is 0.165. The number of carbonyl (C=O) groups is 2. The van der Waals surface area contributed by atoms with Crippen LogP contribution in [-0.4, -0.2) is 47.8 Å². The first kappa shape index (κ1) is 21.8. The fourth-order valence-electron chi connectivity index (χ4n) is 2.04. The number of carbonyl (C=O) groups excluding carboxylic acids is 2. The quantitative estimate of drug-likeness (QED) is 0.383. The van der Waals surface area contributed by atoms with Crippen LogP contribution in [0.4, 0.5) is 30.2 Å². The molecule has 0 bridgehead atoms. The Bertz CT molecular complexity index is 709. The molecule has 0 aromatic heterocycles. The predicted molar refractivity (Wildman–Crippen MR) is 90.0 cm³/mol. The summed E-state index contributed by atoms with van der Waals surface area (Å²) in [5, 5.41) is 12.7. The third-order valence-electron chi connectivity index (χ3n) is 3.13. The van der Waals surface area contributed by atoms with Gasteiger partial charge < -0.3 is 16.0 Å². The monoisotopic (exact) mass is 416 g/mol. The number of alkyl halides is 5. The van der Waals surface area contributed by atoms with Gasteiger partial charge in [-0.2, -0.15) is 13.2 Å². The lowest BCUT2D eigenvalue weighted by Crippen LogP contribution is -2.33. The number of rotatable bonds is 8. The summed E-state index contributed by atoms with van der Waals surface area (Å²) in [4.78, 5) is 34.2. The van der Waals surface area contributed by atoms with E-state index in [1.165, 1.54) is 4.90 Å².